The molecule has 2 rings (SSSR count). The minimum absolute atomic E-state index is 0.417. The van der Waals surface area contributed by atoms with Crippen molar-refractivity contribution in [3.8, 4) is 22.9 Å². The Hall–Kier alpha value is -2.01. The number of nitrogens with zero attached hydrogens (tertiary/aromatic N) is 2. The number of hydrogen-bond donors (Lipinski definition) is 1. The molecule has 5 nitrogen and oxygen atoms in total. The average molecular weight is 247 g/mol. The molecule has 0 saturated carbocycles. The van der Waals surface area contributed by atoms with Crippen LogP contribution in [0.5, 0.6) is 11.5 Å². The molecule has 1 heterocycles. The fourth-order valence-corrected chi connectivity index (χ4v) is 1.87. The van der Waals surface area contributed by atoms with Crippen LogP contribution in [0.3, 0.4) is 0 Å². The summed E-state index contributed by atoms with van der Waals surface area (Å²) in [5.74, 6) is 2.34. The standard InChI is InChI=1S/C13H17N3O2/c1-16-8-9(7-14)15-13(16)11-6-10(17-2)4-5-12(11)18-3/h4-6,8H,7,14H2,1-3H3. The predicted molar refractivity (Wildman–Crippen MR) is 69.6 cm³/mol. The van der Waals surface area contributed by atoms with Gasteiger partial charge in [-0.1, -0.05) is 0 Å². The van der Waals surface area contributed by atoms with Crippen LogP contribution in [0, 0.1) is 0 Å². The molecule has 0 unspecified atom stereocenters. The maximum atomic E-state index is 5.60. The van der Waals surface area contributed by atoms with Gasteiger partial charge in [-0.3, -0.25) is 0 Å². The van der Waals surface area contributed by atoms with Gasteiger partial charge in [0.15, 0.2) is 0 Å². The van der Waals surface area contributed by atoms with Crippen LogP contribution in [-0.4, -0.2) is 23.8 Å². The van der Waals surface area contributed by atoms with Crippen LogP contribution in [0.4, 0.5) is 0 Å². The zero-order valence-corrected chi connectivity index (χ0v) is 10.8. The number of ether oxygens (including phenoxy) is 2. The number of aromatic nitrogens is 2. The molecular weight excluding hydrogens is 230 g/mol. The van der Waals surface area contributed by atoms with Gasteiger partial charge in [-0.25, -0.2) is 4.98 Å². The predicted octanol–water partition coefficient (Wildman–Crippen LogP) is 1.56. The Kier molecular flexibility index (Phi) is 3.53. The van der Waals surface area contributed by atoms with Gasteiger partial charge in [0.2, 0.25) is 0 Å². The van der Waals surface area contributed by atoms with E-state index in [-0.39, 0.29) is 0 Å². The van der Waals surface area contributed by atoms with E-state index in [2.05, 4.69) is 4.98 Å². The minimum atomic E-state index is 0.417. The monoisotopic (exact) mass is 247 g/mol. The molecule has 0 radical (unpaired) electrons. The van der Waals surface area contributed by atoms with Gasteiger partial charge in [-0.2, -0.15) is 0 Å². The number of methoxy groups -OCH3 is 2. The molecule has 0 amide bonds. The molecule has 0 aliphatic heterocycles. The Morgan fingerprint density at radius 3 is 2.61 bits per heavy atom. The molecular formula is C13H17N3O2. The van der Waals surface area contributed by atoms with Crippen molar-refractivity contribution in [2.24, 2.45) is 12.8 Å². The lowest BCUT2D eigenvalue weighted by molar-refractivity contribution is 0.404. The molecule has 0 saturated heterocycles. The van der Waals surface area contributed by atoms with Crippen LogP contribution < -0.4 is 15.2 Å². The normalized spacial score (nSPS) is 10.4. The van der Waals surface area contributed by atoms with Gasteiger partial charge in [0.05, 0.1) is 25.5 Å². The molecule has 5 heteroatoms. The van der Waals surface area contributed by atoms with E-state index in [1.54, 1.807) is 14.2 Å². The van der Waals surface area contributed by atoms with Crippen LogP contribution in [0.1, 0.15) is 5.69 Å². The quantitative estimate of drug-likeness (QED) is 0.890. The summed E-state index contributed by atoms with van der Waals surface area (Å²) in [6.07, 6.45) is 1.91. The summed E-state index contributed by atoms with van der Waals surface area (Å²) in [5.41, 5.74) is 7.34. The van der Waals surface area contributed by atoms with Crippen molar-refractivity contribution in [1.29, 1.82) is 0 Å². The Balaban J connectivity index is 2.56. The Labute approximate surface area is 106 Å². The number of aryl methyl sites for hydroxylation is 1. The summed E-state index contributed by atoms with van der Waals surface area (Å²) >= 11 is 0. The van der Waals surface area contributed by atoms with Gasteiger partial charge in [0.25, 0.3) is 0 Å². The number of nitrogens with two attached hydrogens (primary N) is 1. The lowest BCUT2D eigenvalue weighted by Gasteiger charge is -2.10. The highest BCUT2D eigenvalue weighted by molar-refractivity contribution is 5.67. The van der Waals surface area contributed by atoms with E-state index >= 15 is 0 Å². The van der Waals surface area contributed by atoms with E-state index in [1.165, 1.54) is 0 Å². The Morgan fingerprint density at radius 1 is 1.28 bits per heavy atom. The SMILES string of the molecule is COc1ccc(OC)c(-c2nc(CN)cn2C)c1. The zero-order chi connectivity index (χ0) is 13.1. The number of imidazole rings is 1. The molecule has 0 fully saturated rings. The van der Waals surface area contributed by atoms with Crippen molar-refractivity contribution in [1.82, 2.24) is 9.55 Å². The van der Waals surface area contributed by atoms with Crippen LogP contribution in [-0.2, 0) is 13.6 Å². The van der Waals surface area contributed by atoms with Crippen molar-refractivity contribution in [2.45, 2.75) is 6.54 Å². The summed E-state index contributed by atoms with van der Waals surface area (Å²) in [7, 11) is 5.20. The summed E-state index contributed by atoms with van der Waals surface area (Å²) in [5, 5.41) is 0. The van der Waals surface area contributed by atoms with E-state index in [9.17, 15) is 0 Å². The highest BCUT2D eigenvalue weighted by Gasteiger charge is 2.13. The molecule has 1 aromatic heterocycles. The van der Waals surface area contributed by atoms with Crippen LogP contribution in [0.15, 0.2) is 24.4 Å². The van der Waals surface area contributed by atoms with Crippen LogP contribution >= 0.6 is 0 Å². The Bertz CT molecular complexity index is 549. The summed E-state index contributed by atoms with van der Waals surface area (Å²) < 4.78 is 12.5. The first-order valence-corrected chi connectivity index (χ1v) is 5.64. The fourth-order valence-electron chi connectivity index (χ4n) is 1.87. The molecule has 96 valence electrons. The van der Waals surface area contributed by atoms with Crippen molar-refractivity contribution in [3.05, 3.63) is 30.1 Å². The molecule has 0 spiro atoms. The van der Waals surface area contributed by atoms with Crippen molar-refractivity contribution >= 4 is 0 Å². The highest BCUT2D eigenvalue weighted by atomic mass is 16.5. The van der Waals surface area contributed by atoms with E-state index in [0.717, 1.165) is 28.6 Å². The molecule has 18 heavy (non-hydrogen) atoms. The maximum Gasteiger partial charge on any atom is 0.143 e. The third-order valence-corrected chi connectivity index (χ3v) is 2.78. The first kappa shape index (κ1) is 12.4. The summed E-state index contributed by atoms with van der Waals surface area (Å²) in [4.78, 5) is 4.48. The average Bonchev–Trinajstić information content (AvgIpc) is 2.79. The first-order valence-electron chi connectivity index (χ1n) is 5.64. The number of rotatable bonds is 4. The second kappa shape index (κ2) is 5.10. The summed E-state index contributed by atoms with van der Waals surface area (Å²) in [6, 6.07) is 5.63. The van der Waals surface area contributed by atoms with E-state index in [0.29, 0.717) is 6.54 Å². The largest absolute Gasteiger partial charge is 0.497 e. The smallest absolute Gasteiger partial charge is 0.143 e. The van der Waals surface area contributed by atoms with Gasteiger partial charge < -0.3 is 19.8 Å². The summed E-state index contributed by atoms with van der Waals surface area (Å²) in [6.45, 7) is 0.417. The van der Waals surface area contributed by atoms with Gasteiger partial charge in [0, 0.05) is 19.8 Å². The second-order valence-electron chi connectivity index (χ2n) is 3.94. The molecule has 2 aromatic rings. The fraction of sp³-hybridized carbons (Fsp3) is 0.308. The third-order valence-electron chi connectivity index (χ3n) is 2.78. The lowest BCUT2D eigenvalue weighted by Crippen LogP contribution is -1.96. The molecule has 0 bridgehead atoms. The zero-order valence-electron chi connectivity index (χ0n) is 10.8. The molecule has 2 N–H and O–H groups in total. The Morgan fingerprint density at radius 2 is 2.06 bits per heavy atom. The third kappa shape index (κ3) is 2.17. The van der Waals surface area contributed by atoms with Crippen molar-refractivity contribution in [3.63, 3.8) is 0 Å². The molecule has 0 atom stereocenters. The molecule has 0 aliphatic carbocycles. The lowest BCUT2D eigenvalue weighted by atomic mass is 10.1. The van der Waals surface area contributed by atoms with Gasteiger partial charge in [-0.15, -0.1) is 0 Å². The van der Waals surface area contributed by atoms with Gasteiger partial charge in [0.1, 0.15) is 17.3 Å². The highest BCUT2D eigenvalue weighted by Crippen LogP contribution is 2.32. The maximum absolute atomic E-state index is 5.60. The molecule has 0 aliphatic rings. The number of hydrogen-bond acceptors (Lipinski definition) is 4. The van der Waals surface area contributed by atoms with E-state index in [4.69, 9.17) is 15.2 Å². The minimum Gasteiger partial charge on any atom is -0.497 e. The first-order chi connectivity index (χ1) is 8.69. The molecule has 1 aromatic carbocycles. The van der Waals surface area contributed by atoms with E-state index < -0.39 is 0 Å². The van der Waals surface area contributed by atoms with Crippen molar-refractivity contribution < 1.29 is 9.47 Å². The van der Waals surface area contributed by atoms with Crippen LogP contribution in [0.2, 0.25) is 0 Å². The van der Waals surface area contributed by atoms with Crippen LogP contribution in [0.25, 0.3) is 11.4 Å². The number of benzene rings is 1. The van der Waals surface area contributed by atoms with Crippen molar-refractivity contribution in [2.75, 3.05) is 14.2 Å². The van der Waals surface area contributed by atoms with Gasteiger partial charge >= 0.3 is 0 Å². The van der Waals surface area contributed by atoms with Gasteiger partial charge in [-0.05, 0) is 18.2 Å². The van der Waals surface area contributed by atoms with E-state index in [1.807, 2.05) is 36.0 Å². The topological polar surface area (TPSA) is 62.3 Å². The second-order valence-corrected chi connectivity index (χ2v) is 3.94.